The van der Waals surface area contributed by atoms with E-state index < -0.39 is 0 Å². The minimum absolute atomic E-state index is 0.529. The van der Waals surface area contributed by atoms with Gasteiger partial charge in [0.25, 0.3) is 0 Å². The third kappa shape index (κ3) is 3.94. The van der Waals surface area contributed by atoms with Gasteiger partial charge in [-0.15, -0.1) is 0 Å². The number of hydrogen-bond acceptors (Lipinski definition) is 5. The lowest BCUT2D eigenvalue weighted by Crippen LogP contribution is -2.04. The number of rotatable bonds is 5. The van der Waals surface area contributed by atoms with Crippen molar-refractivity contribution in [1.29, 1.82) is 0 Å². The third-order valence-corrected chi connectivity index (χ3v) is 4.32. The van der Waals surface area contributed by atoms with Crippen molar-refractivity contribution in [2.75, 3.05) is 17.7 Å². The lowest BCUT2D eigenvalue weighted by Gasteiger charge is -2.14. The highest BCUT2D eigenvalue weighted by Crippen LogP contribution is 2.28. The van der Waals surface area contributed by atoms with Crippen LogP contribution in [0.2, 0.25) is 0 Å². The standard InChI is InChI=1S/C21H24N4O/c1-13-9-10-19(26-5)18(11-13)24-21-22-15(3)12-20(25-21)23-17-8-6-7-14(2)16(17)4/h6-12H,1-5H3,(H2,22,23,24,25). The Kier molecular flexibility index (Phi) is 5.07. The first-order valence-electron chi connectivity index (χ1n) is 8.57. The van der Waals surface area contributed by atoms with Gasteiger partial charge in [0.2, 0.25) is 5.95 Å². The smallest absolute Gasteiger partial charge is 0.229 e. The first kappa shape index (κ1) is 17.7. The van der Waals surface area contributed by atoms with Gasteiger partial charge in [0.1, 0.15) is 11.6 Å². The number of aryl methyl sites for hydroxylation is 3. The summed E-state index contributed by atoms with van der Waals surface area (Å²) in [5.74, 6) is 2.03. The molecule has 26 heavy (non-hydrogen) atoms. The van der Waals surface area contributed by atoms with E-state index in [2.05, 4.69) is 46.6 Å². The summed E-state index contributed by atoms with van der Waals surface area (Å²) in [4.78, 5) is 9.11. The predicted octanol–water partition coefficient (Wildman–Crippen LogP) is 5.21. The lowest BCUT2D eigenvalue weighted by molar-refractivity contribution is 0.416. The van der Waals surface area contributed by atoms with Crippen molar-refractivity contribution in [2.24, 2.45) is 0 Å². The van der Waals surface area contributed by atoms with E-state index in [9.17, 15) is 0 Å². The van der Waals surface area contributed by atoms with Gasteiger partial charge >= 0.3 is 0 Å². The monoisotopic (exact) mass is 348 g/mol. The SMILES string of the molecule is COc1ccc(C)cc1Nc1nc(C)cc(Nc2cccc(C)c2C)n1. The molecule has 5 heteroatoms. The zero-order valence-corrected chi connectivity index (χ0v) is 15.8. The van der Waals surface area contributed by atoms with Crippen LogP contribution in [0.3, 0.4) is 0 Å². The lowest BCUT2D eigenvalue weighted by atomic mass is 10.1. The zero-order chi connectivity index (χ0) is 18.7. The van der Waals surface area contributed by atoms with E-state index in [1.165, 1.54) is 11.1 Å². The van der Waals surface area contributed by atoms with Crippen molar-refractivity contribution in [3.8, 4) is 5.75 Å². The molecule has 1 aromatic heterocycles. The van der Waals surface area contributed by atoms with E-state index >= 15 is 0 Å². The molecule has 0 saturated carbocycles. The summed E-state index contributed by atoms with van der Waals surface area (Å²) in [6.45, 7) is 8.19. The first-order valence-corrected chi connectivity index (χ1v) is 8.57. The molecule has 0 radical (unpaired) electrons. The van der Waals surface area contributed by atoms with Crippen LogP contribution in [0.25, 0.3) is 0 Å². The Hall–Kier alpha value is -3.08. The van der Waals surface area contributed by atoms with Gasteiger partial charge in [0.15, 0.2) is 0 Å². The Balaban J connectivity index is 1.91. The van der Waals surface area contributed by atoms with Crippen molar-refractivity contribution in [1.82, 2.24) is 9.97 Å². The molecule has 3 rings (SSSR count). The molecule has 0 unspecified atom stereocenters. The van der Waals surface area contributed by atoms with Crippen LogP contribution in [0.1, 0.15) is 22.4 Å². The van der Waals surface area contributed by atoms with Crippen molar-refractivity contribution in [3.63, 3.8) is 0 Å². The number of methoxy groups -OCH3 is 1. The van der Waals surface area contributed by atoms with Crippen LogP contribution in [-0.2, 0) is 0 Å². The van der Waals surface area contributed by atoms with Crippen molar-refractivity contribution < 1.29 is 4.74 Å². The summed E-state index contributed by atoms with van der Waals surface area (Å²) in [5, 5.41) is 6.67. The van der Waals surface area contributed by atoms with Crippen LogP contribution in [0.15, 0.2) is 42.5 Å². The minimum Gasteiger partial charge on any atom is -0.495 e. The molecule has 5 nitrogen and oxygen atoms in total. The van der Waals surface area contributed by atoms with E-state index in [0.29, 0.717) is 5.95 Å². The molecule has 0 aliphatic rings. The number of nitrogens with one attached hydrogen (secondary N) is 2. The number of ether oxygens (including phenoxy) is 1. The molecule has 3 aromatic rings. The summed E-state index contributed by atoms with van der Waals surface area (Å²) >= 11 is 0. The van der Waals surface area contributed by atoms with E-state index in [-0.39, 0.29) is 0 Å². The van der Waals surface area contributed by atoms with Crippen LogP contribution in [0, 0.1) is 27.7 Å². The maximum absolute atomic E-state index is 5.42. The van der Waals surface area contributed by atoms with Crippen molar-refractivity contribution in [3.05, 3.63) is 64.8 Å². The molecular formula is C21H24N4O. The van der Waals surface area contributed by atoms with Crippen LogP contribution < -0.4 is 15.4 Å². The molecule has 0 spiro atoms. The van der Waals surface area contributed by atoms with Gasteiger partial charge in [-0.2, -0.15) is 4.98 Å². The Morgan fingerprint density at radius 1 is 0.846 bits per heavy atom. The summed E-state index contributed by atoms with van der Waals surface area (Å²) in [6.07, 6.45) is 0. The Morgan fingerprint density at radius 3 is 2.42 bits per heavy atom. The number of nitrogens with zero attached hydrogens (tertiary/aromatic N) is 2. The van der Waals surface area contributed by atoms with Gasteiger partial charge in [-0.05, 0) is 62.6 Å². The highest BCUT2D eigenvalue weighted by molar-refractivity contribution is 5.66. The topological polar surface area (TPSA) is 59.1 Å². The molecule has 1 heterocycles. The van der Waals surface area contributed by atoms with Crippen LogP contribution in [0.4, 0.5) is 23.1 Å². The van der Waals surface area contributed by atoms with Gasteiger partial charge < -0.3 is 15.4 Å². The average molecular weight is 348 g/mol. The van der Waals surface area contributed by atoms with E-state index in [0.717, 1.165) is 34.2 Å². The predicted molar refractivity (Wildman–Crippen MR) is 107 cm³/mol. The fraction of sp³-hybridized carbons (Fsp3) is 0.238. The molecular weight excluding hydrogens is 324 g/mol. The Labute approximate surface area is 154 Å². The van der Waals surface area contributed by atoms with E-state index in [4.69, 9.17) is 4.74 Å². The minimum atomic E-state index is 0.529. The number of hydrogen-bond donors (Lipinski definition) is 2. The molecule has 134 valence electrons. The molecule has 0 fully saturated rings. The highest BCUT2D eigenvalue weighted by Gasteiger charge is 2.09. The quantitative estimate of drug-likeness (QED) is 0.663. The van der Waals surface area contributed by atoms with Crippen molar-refractivity contribution >= 4 is 23.1 Å². The maximum atomic E-state index is 5.42. The fourth-order valence-electron chi connectivity index (χ4n) is 2.75. The van der Waals surface area contributed by atoms with E-state index in [1.807, 2.05) is 44.2 Å². The van der Waals surface area contributed by atoms with Gasteiger partial charge in [-0.1, -0.05) is 18.2 Å². The second-order valence-electron chi connectivity index (χ2n) is 6.42. The largest absolute Gasteiger partial charge is 0.495 e. The van der Waals surface area contributed by atoms with Gasteiger partial charge in [-0.3, -0.25) is 0 Å². The van der Waals surface area contributed by atoms with Gasteiger partial charge in [-0.25, -0.2) is 4.98 Å². The number of aromatic nitrogens is 2. The number of benzene rings is 2. The summed E-state index contributed by atoms with van der Waals surface area (Å²) in [5.41, 5.74) is 6.34. The molecule has 0 aliphatic carbocycles. The third-order valence-electron chi connectivity index (χ3n) is 4.32. The molecule has 2 aromatic carbocycles. The first-order chi connectivity index (χ1) is 12.5. The molecule has 2 N–H and O–H groups in total. The normalized spacial score (nSPS) is 10.5. The van der Waals surface area contributed by atoms with Crippen LogP contribution in [0.5, 0.6) is 5.75 Å². The molecule has 0 bridgehead atoms. The summed E-state index contributed by atoms with van der Waals surface area (Å²) in [7, 11) is 1.65. The molecule has 0 saturated heterocycles. The van der Waals surface area contributed by atoms with Crippen molar-refractivity contribution in [2.45, 2.75) is 27.7 Å². The summed E-state index contributed by atoms with van der Waals surface area (Å²) < 4.78 is 5.42. The Bertz CT molecular complexity index is 937. The molecule has 0 aliphatic heterocycles. The summed E-state index contributed by atoms with van der Waals surface area (Å²) in [6, 6.07) is 14.1. The van der Waals surface area contributed by atoms with Gasteiger partial charge in [0, 0.05) is 17.4 Å². The molecule has 0 amide bonds. The number of anilines is 4. The molecule has 0 atom stereocenters. The van der Waals surface area contributed by atoms with Crippen LogP contribution in [-0.4, -0.2) is 17.1 Å². The average Bonchev–Trinajstić information content (AvgIpc) is 2.59. The highest BCUT2D eigenvalue weighted by atomic mass is 16.5. The zero-order valence-electron chi connectivity index (χ0n) is 15.8. The van der Waals surface area contributed by atoms with Gasteiger partial charge in [0.05, 0.1) is 12.8 Å². The van der Waals surface area contributed by atoms with E-state index in [1.54, 1.807) is 7.11 Å². The van der Waals surface area contributed by atoms with Crippen LogP contribution >= 0.6 is 0 Å². The second kappa shape index (κ2) is 7.44. The second-order valence-corrected chi connectivity index (χ2v) is 6.42. The Morgan fingerprint density at radius 2 is 1.65 bits per heavy atom. The maximum Gasteiger partial charge on any atom is 0.229 e. The fourth-order valence-corrected chi connectivity index (χ4v) is 2.75.